The minimum Gasteiger partial charge on any atom is -0.327 e. The minimum absolute atomic E-state index is 0.426. The number of hydrogen-bond donors (Lipinski definition) is 1. The van der Waals surface area contributed by atoms with Crippen molar-refractivity contribution in [2.24, 2.45) is 11.7 Å². The quantitative estimate of drug-likeness (QED) is 0.734. The zero-order chi connectivity index (χ0) is 10.4. The first-order valence-corrected chi connectivity index (χ1v) is 7.20. The molecule has 2 N–H and O–H groups in total. The molecule has 0 heterocycles. The van der Waals surface area contributed by atoms with Crippen LogP contribution in [-0.2, 0) is 0 Å². The molecule has 0 aromatic heterocycles. The highest BCUT2D eigenvalue weighted by atomic mass is 32.2. The predicted molar refractivity (Wildman–Crippen MR) is 66.8 cm³/mol. The third kappa shape index (κ3) is 3.82. The van der Waals surface area contributed by atoms with Crippen LogP contribution < -0.4 is 5.73 Å². The van der Waals surface area contributed by atoms with Gasteiger partial charge in [-0.1, -0.05) is 39.5 Å². The van der Waals surface area contributed by atoms with Crippen LogP contribution in [0.2, 0.25) is 0 Å². The van der Waals surface area contributed by atoms with Crippen LogP contribution in [0.3, 0.4) is 0 Å². The van der Waals surface area contributed by atoms with E-state index in [2.05, 4.69) is 25.6 Å². The molecule has 1 fully saturated rings. The average Bonchev–Trinajstić information content (AvgIpc) is 2.69. The lowest BCUT2D eigenvalue weighted by Crippen LogP contribution is -2.32. The topological polar surface area (TPSA) is 26.0 Å². The second-order valence-corrected chi connectivity index (χ2v) is 5.81. The summed E-state index contributed by atoms with van der Waals surface area (Å²) in [6.45, 7) is 4.52. The van der Waals surface area contributed by atoms with Crippen LogP contribution in [-0.4, -0.2) is 17.0 Å². The summed E-state index contributed by atoms with van der Waals surface area (Å²) >= 11 is 2.13. The van der Waals surface area contributed by atoms with Crippen molar-refractivity contribution < 1.29 is 0 Å². The first kappa shape index (κ1) is 12.4. The largest absolute Gasteiger partial charge is 0.327 e. The third-order valence-electron chi connectivity index (χ3n) is 3.48. The zero-order valence-corrected chi connectivity index (χ0v) is 10.5. The van der Waals surface area contributed by atoms with Gasteiger partial charge in [0.25, 0.3) is 0 Å². The molecule has 84 valence electrons. The molecule has 2 heteroatoms. The Morgan fingerprint density at radius 1 is 1.21 bits per heavy atom. The SMILES string of the molecule is CCC(CC)C(N)CSC1CCCC1. The van der Waals surface area contributed by atoms with Crippen LogP contribution in [0.1, 0.15) is 52.4 Å². The Kier molecular flexibility index (Phi) is 5.95. The van der Waals surface area contributed by atoms with Gasteiger partial charge in [-0.25, -0.2) is 0 Å². The van der Waals surface area contributed by atoms with Crippen LogP contribution in [0.25, 0.3) is 0 Å². The molecule has 1 unspecified atom stereocenters. The Morgan fingerprint density at radius 3 is 2.29 bits per heavy atom. The van der Waals surface area contributed by atoms with E-state index < -0.39 is 0 Å². The monoisotopic (exact) mass is 215 g/mol. The number of thioether (sulfide) groups is 1. The lowest BCUT2D eigenvalue weighted by atomic mass is 9.96. The fourth-order valence-corrected chi connectivity index (χ4v) is 3.77. The standard InChI is InChI=1S/C12H25NS/c1-3-10(4-2)12(13)9-14-11-7-5-6-8-11/h10-12H,3-9,13H2,1-2H3. The second-order valence-electron chi connectivity index (χ2n) is 4.48. The molecule has 1 rings (SSSR count). The molecule has 0 bridgehead atoms. The van der Waals surface area contributed by atoms with Crippen molar-refractivity contribution >= 4 is 11.8 Å². The van der Waals surface area contributed by atoms with Gasteiger partial charge >= 0.3 is 0 Å². The molecular formula is C12H25NS. The van der Waals surface area contributed by atoms with E-state index in [0.717, 1.165) is 11.2 Å². The number of hydrogen-bond acceptors (Lipinski definition) is 2. The summed E-state index contributed by atoms with van der Waals surface area (Å²) in [4.78, 5) is 0. The Morgan fingerprint density at radius 2 is 1.79 bits per heavy atom. The normalized spacial score (nSPS) is 20.6. The van der Waals surface area contributed by atoms with Crippen LogP contribution in [0.4, 0.5) is 0 Å². The van der Waals surface area contributed by atoms with Crippen LogP contribution in [0.15, 0.2) is 0 Å². The van der Waals surface area contributed by atoms with Crippen molar-refractivity contribution in [3.05, 3.63) is 0 Å². The van der Waals surface area contributed by atoms with Crippen molar-refractivity contribution in [1.29, 1.82) is 0 Å². The van der Waals surface area contributed by atoms with E-state index in [1.54, 1.807) is 0 Å². The molecule has 1 atom stereocenters. The lowest BCUT2D eigenvalue weighted by molar-refractivity contribution is 0.421. The van der Waals surface area contributed by atoms with E-state index in [1.807, 2.05) is 0 Å². The summed E-state index contributed by atoms with van der Waals surface area (Å²) in [5.74, 6) is 1.92. The Bertz CT molecular complexity index is 139. The molecule has 0 amide bonds. The molecule has 0 spiro atoms. The Labute approximate surface area is 93.2 Å². The van der Waals surface area contributed by atoms with Crippen LogP contribution >= 0.6 is 11.8 Å². The highest BCUT2D eigenvalue weighted by Gasteiger charge is 2.19. The van der Waals surface area contributed by atoms with Gasteiger partial charge in [-0.15, -0.1) is 0 Å². The first-order chi connectivity index (χ1) is 6.77. The smallest absolute Gasteiger partial charge is 0.0158 e. The Balaban J connectivity index is 2.15. The van der Waals surface area contributed by atoms with Gasteiger partial charge in [0.1, 0.15) is 0 Å². The van der Waals surface area contributed by atoms with Gasteiger partial charge in [0.05, 0.1) is 0 Å². The highest BCUT2D eigenvalue weighted by molar-refractivity contribution is 7.99. The van der Waals surface area contributed by atoms with Gasteiger partial charge in [-0.05, 0) is 18.8 Å². The summed E-state index contributed by atoms with van der Waals surface area (Å²) in [5.41, 5.74) is 6.20. The van der Waals surface area contributed by atoms with Gasteiger partial charge in [0, 0.05) is 17.0 Å². The molecule has 0 aromatic rings. The van der Waals surface area contributed by atoms with E-state index in [4.69, 9.17) is 5.73 Å². The number of rotatable bonds is 6. The Hall–Kier alpha value is 0.310. The van der Waals surface area contributed by atoms with Gasteiger partial charge in [-0.3, -0.25) is 0 Å². The maximum atomic E-state index is 6.20. The molecule has 0 aliphatic heterocycles. The van der Waals surface area contributed by atoms with E-state index in [1.165, 1.54) is 44.3 Å². The predicted octanol–water partition coefficient (Wildman–Crippen LogP) is 3.43. The van der Waals surface area contributed by atoms with E-state index in [9.17, 15) is 0 Å². The first-order valence-electron chi connectivity index (χ1n) is 6.15. The molecule has 1 nitrogen and oxygen atoms in total. The molecule has 0 aromatic carbocycles. The van der Waals surface area contributed by atoms with Crippen molar-refractivity contribution in [3.8, 4) is 0 Å². The van der Waals surface area contributed by atoms with Gasteiger partial charge < -0.3 is 5.73 Å². The molecular weight excluding hydrogens is 190 g/mol. The zero-order valence-electron chi connectivity index (χ0n) is 9.67. The van der Waals surface area contributed by atoms with Gasteiger partial charge in [-0.2, -0.15) is 11.8 Å². The molecule has 14 heavy (non-hydrogen) atoms. The van der Waals surface area contributed by atoms with Crippen LogP contribution in [0.5, 0.6) is 0 Å². The minimum atomic E-state index is 0.426. The number of nitrogens with two attached hydrogens (primary N) is 1. The fourth-order valence-electron chi connectivity index (χ4n) is 2.33. The summed E-state index contributed by atoms with van der Waals surface area (Å²) in [6.07, 6.45) is 8.22. The maximum absolute atomic E-state index is 6.20. The van der Waals surface area contributed by atoms with E-state index in [-0.39, 0.29) is 0 Å². The highest BCUT2D eigenvalue weighted by Crippen LogP contribution is 2.30. The molecule has 0 saturated heterocycles. The van der Waals surface area contributed by atoms with Crippen molar-refractivity contribution in [2.75, 3.05) is 5.75 Å². The lowest BCUT2D eigenvalue weighted by Gasteiger charge is -2.22. The second kappa shape index (κ2) is 6.73. The summed E-state index contributed by atoms with van der Waals surface area (Å²) in [6, 6.07) is 0.426. The van der Waals surface area contributed by atoms with Gasteiger partial charge in [0.15, 0.2) is 0 Å². The molecule has 1 aliphatic carbocycles. The fraction of sp³-hybridized carbons (Fsp3) is 1.00. The van der Waals surface area contributed by atoms with E-state index >= 15 is 0 Å². The van der Waals surface area contributed by atoms with Crippen molar-refractivity contribution in [3.63, 3.8) is 0 Å². The van der Waals surface area contributed by atoms with Gasteiger partial charge in [0.2, 0.25) is 0 Å². The molecule has 0 radical (unpaired) electrons. The summed E-state index contributed by atoms with van der Waals surface area (Å²) in [7, 11) is 0. The molecule has 1 saturated carbocycles. The maximum Gasteiger partial charge on any atom is 0.0158 e. The van der Waals surface area contributed by atoms with Crippen LogP contribution in [0, 0.1) is 5.92 Å². The molecule has 1 aliphatic rings. The van der Waals surface area contributed by atoms with Crippen molar-refractivity contribution in [1.82, 2.24) is 0 Å². The summed E-state index contributed by atoms with van der Waals surface area (Å²) < 4.78 is 0. The third-order valence-corrected chi connectivity index (χ3v) is 5.00. The van der Waals surface area contributed by atoms with Crippen molar-refractivity contribution in [2.45, 2.75) is 63.7 Å². The van der Waals surface area contributed by atoms with E-state index in [0.29, 0.717) is 6.04 Å². The summed E-state index contributed by atoms with van der Waals surface area (Å²) in [5, 5.41) is 0.926. The average molecular weight is 215 g/mol.